The van der Waals surface area contributed by atoms with Crippen molar-refractivity contribution in [2.75, 3.05) is 29.6 Å². The van der Waals surface area contributed by atoms with E-state index in [9.17, 15) is 9.59 Å². The van der Waals surface area contributed by atoms with Gasteiger partial charge < -0.3 is 20.7 Å². The van der Waals surface area contributed by atoms with Crippen molar-refractivity contribution in [2.24, 2.45) is 0 Å². The highest BCUT2D eigenvalue weighted by molar-refractivity contribution is 5.97. The number of amides is 2. The lowest BCUT2D eigenvalue weighted by Gasteiger charge is -2.23. The molecule has 6 nitrogen and oxygen atoms in total. The summed E-state index contributed by atoms with van der Waals surface area (Å²) in [5.74, 6) is 0.264. The molecule has 2 amide bonds. The van der Waals surface area contributed by atoms with Gasteiger partial charge in [-0.25, -0.2) is 0 Å². The predicted octanol–water partition coefficient (Wildman–Crippen LogP) is 4.00. The quantitative estimate of drug-likeness (QED) is 0.719. The van der Waals surface area contributed by atoms with Gasteiger partial charge in [-0.05, 0) is 29.2 Å². The summed E-state index contributed by atoms with van der Waals surface area (Å²) in [6, 6.07) is 13.0. The SMILES string of the molecule is COc1ccc(NC(C)=O)c(NCC(=O)Nc2ccccc2C(C)(C)C)c1. The lowest BCUT2D eigenvalue weighted by molar-refractivity contribution is -0.115. The third-order valence-corrected chi connectivity index (χ3v) is 3.99. The van der Waals surface area contributed by atoms with Gasteiger partial charge in [-0.15, -0.1) is 0 Å². The number of benzene rings is 2. The molecule has 0 fully saturated rings. The third kappa shape index (κ3) is 5.74. The zero-order valence-electron chi connectivity index (χ0n) is 16.5. The van der Waals surface area contributed by atoms with Crippen molar-refractivity contribution in [1.82, 2.24) is 0 Å². The average Bonchev–Trinajstić information content (AvgIpc) is 2.60. The van der Waals surface area contributed by atoms with Crippen LogP contribution in [0.4, 0.5) is 17.1 Å². The number of para-hydroxylation sites is 1. The Balaban J connectivity index is 2.11. The Morgan fingerprint density at radius 1 is 0.963 bits per heavy atom. The van der Waals surface area contributed by atoms with Crippen molar-refractivity contribution in [3.63, 3.8) is 0 Å². The molecular weight excluding hydrogens is 342 g/mol. The van der Waals surface area contributed by atoms with Crippen molar-refractivity contribution < 1.29 is 14.3 Å². The molecule has 2 aromatic rings. The van der Waals surface area contributed by atoms with Gasteiger partial charge in [0.15, 0.2) is 0 Å². The molecule has 6 heteroatoms. The zero-order valence-corrected chi connectivity index (χ0v) is 16.5. The van der Waals surface area contributed by atoms with E-state index in [1.807, 2.05) is 24.3 Å². The molecule has 0 aromatic heterocycles. The lowest BCUT2D eigenvalue weighted by Crippen LogP contribution is -2.24. The van der Waals surface area contributed by atoms with Crippen LogP contribution in [0.1, 0.15) is 33.3 Å². The fourth-order valence-corrected chi connectivity index (χ4v) is 2.71. The number of anilines is 3. The standard InChI is InChI=1S/C21H27N3O3/c1-14(25)23-18-11-10-15(27-5)12-19(18)22-13-20(26)24-17-9-7-6-8-16(17)21(2,3)4/h6-12,22H,13H2,1-5H3,(H,23,25)(H,24,26). The van der Waals surface area contributed by atoms with Crippen molar-refractivity contribution in [1.29, 1.82) is 0 Å². The molecular formula is C21H27N3O3. The van der Waals surface area contributed by atoms with E-state index in [2.05, 4.69) is 36.7 Å². The minimum absolute atomic E-state index is 0.0538. The van der Waals surface area contributed by atoms with Crippen LogP contribution in [0.25, 0.3) is 0 Å². The molecule has 0 saturated heterocycles. The molecule has 3 N–H and O–H groups in total. The van der Waals surface area contributed by atoms with Crippen molar-refractivity contribution in [3.05, 3.63) is 48.0 Å². The molecule has 0 aliphatic rings. The third-order valence-electron chi connectivity index (χ3n) is 3.99. The van der Waals surface area contributed by atoms with E-state index in [1.54, 1.807) is 25.3 Å². The summed E-state index contributed by atoms with van der Waals surface area (Å²) < 4.78 is 5.22. The van der Waals surface area contributed by atoms with Gasteiger partial charge in [-0.3, -0.25) is 9.59 Å². The first-order chi connectivity index (χ1) is 12.7. The van der Waals surface area contributed by atoms with Crippen molar-refractivity contribution >= 4 is 28.9 Å². The fraction of sp³-hybridized carbons (Fsp3) is 0.333. The molecule has 0 atom stereocenters. The number of methoxy groups -OCH3 is 1. The van der Waals surface area contributed by atoms with Gasteiger partial charge in [0.1, 0.15) is 5.75 Å². The van der Waals surface area contributed by atoms with Crippen LogP contribution < -0.4 is 20.7 Å². The van der Waals surface area contributed by atoms with Gasteiger partial charge in [0.2, 0.25) is 11.8 Å². The average molecular weight is 369 g/mol. The summed E-state index contributed by atoms with van der Waals surface area (Å²) in [7, 11) is 1.56. The highest BCUT2D eigenvalue weighted by atomic mass is 16.5. The molecule has 2 aromatic carbocycles. The Morgan fingerprint density at radius 2 is 1.67 bits per heavy atom. The normalized spacial score (nSPS) is 10.9. The molecule has 0 radical (unpaired) electrons. The van der Waals surface area contributed by atoms with E-state index in [1.165, 1.54) is 6.92 Å². The van der Waals surface area contributed by atoms with Crippen molar-refractivity contribution in [3.8, 4) is 5.75 Å². The summed E-state index contributed by atoms with van der Waals surface area (Å²) in [5, 5.41) is 8.76. The number of nitrogens with one attached hydrogen (secondary N) is 3. The van der Waals surface area contributed by atoms with Crippen molar-refractivity contribution in [2.45, 2.75) is 33.1 Å². The number of ether oxygens (including phenoxy) is 1. The van der Waals surface area contributed by atoms with E-state index in [0.29, 0.717) is 17.1 Å². The first kappa shape index (κ1) is 20.3. The van der Waals surface area contributed by atoms with Crippen LogP contribution in [0.5, 0.6) is 5.75 Å². The van der Waals surface area contributed by atoms with Crippen LogP contribution in [-0.2, 0) is 15.0 Å². The number of carbonyl (C=O) groups excluding carboxylic acids is 2. The number of rotatable bonds is 6. The Bertz CT molecular complexity index is 826. The topological polar surface area (TPSA) is 79.5 Å². The van der Waals surface area contributed by atoms with Crippen LogP contribution in [0.3, 0.4) is 0 Å². The summed E-state index contributed by atoms with van der Waals surface area (Å²) in [5.41, 5.74) is 2.99. The Hall–Kier alpha value is -3.02. The van der Waals surface area contributed by atoms with E-state index < -0.39 is 0 Å². The minimum Gasteiger partial charge on any atom is -0.497 e. The maximum atomic E-state index is 12.5. The van der Waals surface area contributed by atoms with E-state index in [4.69, 9.17) is 4.74 Å². The fourth-order valence-electron chi connectivity index (χ4n) is 2.71. The molecule has 0 unspecified atom stereocenters. The van der Waals surface area contributed by atoms with Gasteiger partial charge in [-0.2, -0.15) is 0 Å². The van der Waals surface area contributed by atoms with Crippen LogP contribution >= 0.6 is 0 Å². The summed E-state index contributed by atoms with van der Waals surface area (Å²) in [6.45, 7) is 7.80. The molecule has 0 saturated carbocycles. The molecule has 0 spiro atoms. The van der Waals surface area contributed by atoms with Gasteiger partial charge in [0.25, 0.3) is 0 Å². The van der Waals surface area contributed by atoms with Gasteiger partial charge in [-0.1, -0.05) is 39.0 Å². The monoisotopic (exact) mass is 369 g/mol. The lowest BCUT2D eigenvalue weighted by atomic mass is 9.86. The van der Waals surface area contributed by atoms with Crippen LogP contribution in [0.2, 0.25) is 0 Å². The smallest absolute Gasteiger partial charge is 0.243 e. The van der Waals surface area contributed by atoms with Crippen LogP contribution in [0.15, 0.2) is 42.5 Å². The number of hydrogen-bond donors (Lipinski definition) is 3. The number of carbonyl (C=O) groups is 2. The highest BCUT2D eigenvalue weighted by Crippen LogP contribution is 2.29. The molecule has 0 aliphatic heterocycles. The molecule has 2 rings (SSSR count). The van der Waals surface area contributed by atoms with Crippen LogP contribution in [-0.4, -0.2) is 25.5 Å². The molecule has 144 valence electrons. The molecule has 0 aliphatic carbocycles. The van der Waals surface area contributed by atoms with E-state index >= 15 is 0 Å². The maximum absolute atomic E-state index is 12.5. The Kier molecular flexibility index (Phi) is 6.45. The van der Waals surface area contributed by atoms with Crippen LogP contribution in [0, 0.1) is 0 Å². The van der Waals surface area contributed by atoms with E-state index in [0.717, 1.165) is 11.3 Å². The second kappa shape index (κ2) is 8.58. The predicted molar refractivity (Wildman–Crippen MR) is 110 cm³/mol. The van der Waals surface area contributed by atoms with Gasteiger partial charge in [0.05, 0.1) is 25.0 Å². The summed E-state index contributed by atoms with van der Waals surface area (Å²) in [4.78, 5) is 23.8. The van der Waals surface area contributed by atoms with E-state index in [-0.39, 0.29) is 23.8 Å². The first-order valence-electron chi connectivity index (χ1n) is 8.79. The Morgan fingerprint density at radius 3 is 2.30 bits per heavy atom. The minimum atomic E-state index is -0.188. The Labute approximate surface area is 160 Å². The molecule has 0 heterocycles. The largest absolute Gasteiger partial charge is 0.497 e. The first-order valence-corrected chi connectivity index (χ1v) is 8.79. The number of hydrogen-bond acceptors (Lipinski definition) is 4. The summed E-state index contributed by atoms with van der Waals surface area (Å²) in [6.07, 6.45) is 0. The molecule has 27 heavy (non-hydrogen) atoms. The highest BCUT2D eigenvalue weighted by Gasteiger charge is 2.18. The molecule has 0 bridgehead atoms. The second-order valence-corrected chi connectivity index (χ2v) is 7.29. The maximum Gasteiger partial charge on any atom is 0.243 e. The summed E-state index contributed by atoms with van der Waals surface area (Å²) >= 11 is 0. The zero-order chi connectivity index (χ0) is 20.0. The second-order valence-electron chi connectivity index (χ2n) is 7.29. The van der Waals surface area contributed by atoms with Gasteiger partial charge in [0, 0.05) is 18.7 Å². The van der Waals surface area contributed by atoms with Gasteiger partial charge >= 0.3 is 0 Å².